The molecule has 0 saturated carbocycles. The van der Waals surface area contributed by atoms with Gasteiger partial charge in [0, 0.05) is 24.5 Å². The van der Waals surface area contributed by atoms with Crippen molar-refractivity contribution in [1.29, 1.82) is 0 Å². The summed E-state index contributed by atoms with van der Waals surface area (Å²) < 4.78 is 30.3. The number of aryl methyl sites for hydroxylation is 2. The van der Waals surface area contributed by atoms with Crippen LogP contribution in [0.1, 0.15) is 30.6 Å². The van der Waals surface area contributed by atoms with Gasteiger partial charge < -0.3 is 0 Å². The van der Waals surface area contributed by atoms with E-state index in [-0.39, 0.29) is 17.8 Å². The van der Waals surface area contributed by atoms with Gasteiger partial charge in [-0.25, -0.2) is 17.9 Å². The Morgan fingerprint density at radius 3 is 2.50 bits per heavy atom. The van der Waals surface area contributed by atoms with Crippen LogP contribution in [-0.4, -0.2) is 29.8 Å². The summed E-state index contributed by atoms with van der Waals surface area (Å²) >= 11 is 0. The maximum atomic E-state index is 13.0. The Hall–Kier alpha value is -2.64. The van der Waals surface area contributed by atoms with E-state index in [2.05, 4.69) is 29.0 Å². The van der Waals surface area contributed by atoms with Crippen molar-refractivity contribution < 1.29 is 8.42 Å². The predicted molar refractivity (Wildman–Crippen MR) is 119 cm³/mol. The van der Waals surface area contributed by atoms with Gasteiger partial charge in [0.25, 0.3) is 0 Å². The lowest BCUT2D eigenvalue weighted by Gasteiger charge is -2.33. The highest BCUT2D eigenvalue weighted by Gasteiger charge is 2.33. The molecule has 3 aromatic rings. The van der Waals surface area contributed by atoms with E-state index >= 15 is 0 Å². The number of aromatic nitrogens is 2. The molecule has 7 heteroatoms. The van der Waals surface area contributed by atoms with Crippen LogP contribution in [0.3, 0.4) is 0 Å². The number of sulfonamides is 1. The van der Waals surface area contributed by atoms with Crippen LogP contribution in [0, 0.1) is 0 Å². The summed E-state index contributed by atoms with van der Waals surface area (Å²) in [5, 5.41) is 0. The molecular formula is C23H27N3O3S. The topological polar surface area (TPSA) is 73.1 Å². The number of nitrogens with zero attached hydrogens (tertiary/aromatic N) is 2. The zero-order chi connectivity index (χ0) is 21.3. The summed E-state index contributed by atoms with van der Waals surface area (Å²) in [4.78, 5) is 13.0. The number of hydrogen-bond acceptors (Lipinski definition) is 3. The first-order valence-electron chi connectivity index (χ1n) is 10.3. The van der Waals surface area contributed by atoms with E-state index in [0.717, 1.165) is 22.4 Å². The number of fused-ring (bicyclic) bond motifs is 1. The minimum Gasteiger partial charge on any atom is -0.299 e. The molecule has 2 unspecified atom stereocenters. The fraction of sp³-hybridized carbons (Fsp3) is 0.348. The summed E-state index contributed by atoms with van der Waals surface area (Å²) in [7, 11) is -3.39. The Bertz CT molecular complexity index is 1200. The van der Waals surface area contributed by atoms with Crippen LogP contribution in [0.2, 0.25) is 0 Å². The summed E-state index contributed by atoms with van der Waals surface area (Å²) in [5.74, 6) is 0. The Kier molecular flexibility index (Phi) is 5.66. The molecule has 1 aromatic heterocycles. The molecule has 0 spiro atoms. The lowest BCUT2D eigenvalue weighted by Crippen LogP contribution is -2.47. The van der Waals surface area contributed by atoms with E-state index in [4.69, 9.17) is 0 Å². The van der Waals surface area contributed by atoms with Crippen molar-refractivity contribution in [2.45, 2.75) is 44.8 Å². The lowest BCUT2D eigenvalue weighted by atomic mass is 9.91. The standard InChI is InChI=1S/C23H27N3O3S/c1-3-25-16-20-12-13-21(24-30(2,28)29)22(26(20)23(25)27)15-17-8-7-11-19(14-17)18-9-5-4-6-10-18/h4-11,14,16,21-22,24H,3,12-13,15H2,1-2H3. The van der Waals surface area contributed by atoms with Gasteiger partial charge in [-0.05, 0) is 42.9 Å². The molecule has 0 saturated heterocycles. The lowest BCUT2D eigenvalue weighted by molar-refractivity contribution is 0.316. The smallest absolute Gasteiger partial charge is 0.299 e. The van der Waals surface area contributed by atoms with Gasteiger partial charge >= 0.3 is 5.69 Å². The molecule has 0 bridgehead atoms. The minimum absolute atomic E-state index is 0.0725. The van der Waals surface area contributed by atoms with E-state index in [1.165, 1.54) is 6.26 Å². The summed E-state index contributed by atoms with van der Waals surface area (Å²) in [6.07, 6.45) is 5.01. The first kappa shape index (κ1) is 20.6. The molecule has 6 nitrogen and oxygen atoms in total. The maximum Gasteiger partial charge on any atom is 0.328 e. The molecule has 0 radical (unpaired) electrons. The van der Waals surface area contributed by atoms with Gasteiger partial charge in [-0.2, -0.15) is 0 Å². The van der Waals surface area contributed by atoms with Crippen LogP contribution in [0.4, 0.5) is 0 Å². The van der Waals surface area contributed by atoms with Crippen LogP contribution in [0.15, 0.2) is 65.6 Å². The first-order valence-corrected chi connectivity index (χ1v) is 12.2. The molecule has 0 fully saturated rings. The highest BCUT2D eigenvalue weighted by Crippen LogP contribution is 2.29. The van der Waals surface area contributed by atoms with Crippen molar-refractivity contribution in [3.63, 3.8) is 0 Å². The van der Waals surface area contributed by atoms with E-state index in [1.54, 1.807) is 9.13 Å². The Morgan fingerprint density at radius 1 is 1.07 bits per heavy atom. The van der Waals surface area contributed by atoms with Crippen molar-refractivity contribution in [2.75, 3.05) is 6.26 Å². The fourth-order valence-electron chi connectivity index (χ4n) is 4.40. The Labute approximate surface area is 177 Å². The molecule has 1 N–H and O–H groups in total. The van der Waals surface area contributed by atoms with Crippen LogP contribution in [-0.2, 0) is 29.4 Å². The van der Waals surface area contributed by atoms with E-state index < -0.39 is 10.0 Å². The zero-order valence-corrected chi connectivity index (χ0v) is 18.1. The molecule has 1 aliphatic heterocycles. The average molecular weight is 426 g/mol. The van der Waals surface area contributed by atoms with Crippen molar-refractivity contribution >= 4 is 10.0 Å². The highest BCUT2D eigenvalue weighted by molar-refractivity contribution is 7.88. The predicted octanol–water partition coefficient (Wildman–Crippen LogP) is 2.98. The number of hydrogen-bond donors (Lipinski definition) is 1. The van der Waals surface area contributed by atoms with Gasteiger partial charge in [-0.3, -0.25) is 9.13 Å². The number of nitrogens with one attached hydrogen (secondary N) is 1. The van der Waals surface area contributed by atoms with E-state index in [0.29, 0.717) is 25.8 Å². The molecule has 1 aliphatic rings. The monoisotopic (exact) mass is 425 g/mol. The fourth-order valence-corrected chi connectivity index (χ4v) is 5.22. The zero-order valence-electron chi connectivity index (χ0n) is 17.3. The molecule has 0 aliphatic carbocycles. The second-order valence-corrected chi connectivity index (χ2v) is 9.71. The van der Waals surface area contributed by atoms with Crippen molar-refractivity contribution in [3.8, 4) is 11.1 Å². The second-order valence-electron chi connectivity index (χ2n) is 7.93. The van der Waals surface area contributed by atoms with Gasteiger partial charge in [-0.1, -0.05) is 54.6 Å². The van der Waals surface area contributed by atoms with Crippen LogP contribution >= 0.6 is 0 Å². The first-order chi connectivity index (χ1) is 14.4. The van der Waals surface area contributed by atoms with Gasteiger partial charge in [-0.15, -0.1) is 0 Å². The van der Waals surface area contributed by atoms with Gasteiger partial charge in [0.1, 0.15) is 0 Å². The SMILES string of the molecule is CCn1cc2n(c1=O)C(Cc1cccc(-c3ccccc3)c1)C(NS(C)(=O)=O)CC2. The summed E-state index contributed by atoms with van der Waals surface area (Å²) in [6.45, 7) is 2.54. The minimum atomic E-state index is -3.39. The Morgan fingerprint density at radius 2 is 1.80 bits per heavy atom. The van der Waals surface area contributed by atoms with Crippen LogP contribution < -0.4 is 10.4 Å². The average Bonchev–Trinajstić information content (AvgIpc) is 3.06. The number of rotatable bonds is 6. The second kappa shape index (κ2) is 8.24. The molecular weight excluding hydrogens is 398 g/mol. The van der Waals surface area contributed by atoms with Gasteiger partial charge in [0.05, 0.1) is 12.3 Å². The highest BCUT2D eigenvalue weighted by atomic mass is 32.2. The molecule has 4 rings (SSSR count). The van der Waals surface area contributed by atoms with Crippen LogP contribution in [0.25, 0.3) is 11.1 Å². The molecule has 2 heterocycles. The van der Waals surface area contributed by atoms with Crippen molar-refractivity contribution in [3.05, 3.63) is 82.5 Å². The molecule has 2 atom stereocenters. The third-order valence-corrected chi connectivity index (χ3v) is 6.49. The molecule has 158 valence electrons. The maximum absolute atomic E-state index is 13.0. The van der Waals surface area contributed by atoms with Crippen molar-refractivity contribution in [2.24, 2.45) is 0 Å². The summed E-state index contributed by atoms with van der Waals surface area (Å²) in [5.41, 5.74) is 4.21. The van der Waals surface area contributed by atoms with Crippen molar-refractivity contribution in [1.82, 2.24) is 13.9 Å². The van der Waals surface area contributed by atoms with E-state index in [9.17, 15) is 13.2 Å². The quantitative estimate of drug-likeness (QED) is 0.660. The number of benzene rings is 2. The summed E-state index contributed by atoms with van der Waals surface area (Å²) in [6, 6.07) is 17.8. The molecule has 0 amide bonds. The molecule has 30 heavy (non-hydrogen) atoms. The third-order valence-electron chi connectivity index (χ3n) is 5.76. The Balaban J connectivity index is 1.73. The van der Waals surface area contributed by atoms with Gasteiger partial charge in [0.15, 0.2) is 0 Å². The normalized spacial score (nSPS) is 18.9. The van der Waals surface area contributed by atoms with Crippen LogP contribution in [0.5, 0.6) is 0 Å². The van der Waals surface area contributed by atoms with E-state index in [1.807, 2.05) is 43.5 Å². The number of imidazole rings is 1. The third kappa shape index (κ3) is 4.27. The molecule has 2 aromatic carbocycles. The van der Waals surface area contributed by atoms with Gasteiger partial charge in [0.2, 0.25) is 10.0 Å². The largest absolute Gasteiger partial charge is 0.328 e.